The number of nitrogens with two attached hydrogens (primary N) is 1. The molecule has 1 aliphatic heterocycles. The lowest BCUT2D eigenvalue weighted by molar-refractivity contribution is -0.122. The Morgan fingerprint density at radius 3 is 2.54 bits per heavy atom. The van der Waals surface area contributed by atoms with Gasteiger partial charge in [0.1, 0.15) is 0 Å². The number of aromatic nitrogens is 2. The number of imide groups is 1. The number of carbonyl (C=O) groups excluding carboxylic acids is 2. The van der Waals surface area contributed by atoms with Crippen LogP contribution in [0.2, 0.25) is 0 Å². The quantitative estimate of drug-likeness (QED) is 0.691. The number of hydrogen-bond acceptors (Lipinski definition) is 4. The number of nitrogens with zero attached hydrogens (tertiary/aromatic N) is 2. The van der Waals surface area contributed by atoms with Crippen LogP contribution < -0.4 is 11.1 Å². The first kappa shape index (κ1) is 16.2. The van der Waals surface area contributed by atoms with Gasteiger partial charge in [-0.3, -0.25) is 19.9 Å². The van der Waals surface area contributed by atoms with Gasteiger partial charge in [-0.1, -0.05) is 24.3 Å². The summed E-state index contributed by atoms with van der Waals surface area (Å²) in [4.78, 5) is 29.3. The van der Waals surface area contributed by atoms with Crippen LogP contribution in [-0.4, -0.2) is 27.9 Å². The van der Waals surface area contributed by atoms with E-state index in [1.165, 1.54) is 0 Å². The zero-order valence-electron chi connectivity index (χ0n) is 14.1. The number of benzene rings is 1. The molecule has 6 nitrogen and oxygen atoms in total. The molecule has 0 fully saturated rings. The second kappa shape index (κ2) is 6.57. The molecule has 4 rings (SSSR count). The Labute approximate surface area is 150 Å². The van der Waals surface area contributed by atoms with E-state index in [1.807, 2.05) is 30.5 Å². The lowest BCUT2D eigenvalue weighted by atomic mass is 9.99. The molecule has 2 aromatic heterocycles. The summed E-state index contributed by atoms with van der Waals surface area (Å²) in [6, 6.07) is 13.2. The number of pyridine rings is 1. The van der Waals surface area contributed by atoms with E-state index in [0.717, 1.165) is 29.4 Å². The number of nitrogens with one attached hydrogen (secondary N) is 1. The Balaban J connectivity index is 1.97. The van der Waals surface area contributed by atoms with Crippen LogP contribution in [0.4, 0.5) is 0 Å². The second-order valence-corrected chi connectivity index (χ2v) is 6.14. The summed E-state index contributed by atoms with van der Waals surface area (Å²) in [6.45, 7) is 1.33. The third-order valence-corrected chi connectivity index (χ3v) is 4.51. The predicted molar refractivity (Wildman–Crippen MR) is 99.8 cm³/mol. The molecule has 0 bridgehead atoms. The van der Waals surface area contributed by atoms with Crippen molar-refractivity contribution in [2.75, 3.05) is 6.54 Å². The van der Waals surface area contributed by atoms with Crippen LogP contribution in [0, 0.1) is 0 Å². The van der Waals surface area contributed by atoms with Crippen molar-refractivity contribution in [3.05, 3.63) is 66.1 Å². The van der Waals surface area contributed by atoms with E-state index >= 15 is 0 Å². The van der Waals surface area contributed by atoms with E-state index in [2.05, 4.69) is 14.9 Å². The van der Waals surface area contributed by atoms with Gasteiger partial charge in [0.05, 0.1) is 16.8 Å². The van der Waals surface area contributed by atoms with E-state index in [0.29, 0.717) is 23.4 Å². The number of aryl methyl sites for hydroxylation is 1. The third kappa shape index (κ3) is 2.60. The molecule has 26 heavy (non-hydrogen) atoms. The highest BCUT2D eigenvalue weighted by atomic mass is 16.2. The molecular weight excluding hydrogens is 328 g/mol. The van der Waals surface area contributed by atoms with Crippen LogP contribution in [-0.2, 0) is 16.1 Å². The van der Waals surface area contributed by atoms with Crippen molar-refractivity contribution in [1.29, 1.82) is 0 Å². The number of amides is 2. The first-order valence-electron chi connectivity index (χ1n) is 8.50. The van der Waals surface area contributed by atoms with Crippen molar-refractivity contribution in [1.82, 2.24) is 14.9 Å². The summed E-state index contributed by atoms with van der Waals surface area (Å²) < 4.78 is 2.08. The number of rotatable bonds is 5. The van der Waals surface area contributed by atoms with Gasteiger partial charge >= 0.3 is 0 Å². The van der Waals surface area contributed by atoms with Crippen LogP contribution in [0.1, 0.15) is 17.7 Å². The first-order chi connectivity index (χ1) is 12.7. The minimum atomic E-state index is -0.414. The standard InChI is InChI=1S/C20H18N4O2/c21-9-5-11-24-12-14(13-6-1-2-8-16(13)24)17-18(20(26)23-19(17)25)15-7-3-4-10-22-15/h1-4,6-8,10,12H,5,9,11,21H2,(H,23,25,26). The normalized spacial score (nSPS) is 14.3. The zero-order valence-corrected chi connectivity index (χ0v) is 14.1. The topological polar surface area (TPSA) is 90.0 Å². The maximum atomic E-state index is 12.6. The first-order valence-corrected chi connectivity index (χ1v) is 8.50. The van der Waals surface area contributed by atoms with Crippen molar-refractivity contribution >= 4 is 33.9 Å². The van der Waals surface area contributed by atoms with Gasteiger partial charge in [0.25, 0.3) is 11.8 Å². The average Bonchev–Trinajstić information content (AvgIpc) is 3.17. The summed E-state index contributed by atoms with van der Waals surface area (Å²) in [5, 5.41) is 3.34. The summed E-state index contributed by atoms with van der Waals surface area (Å²) in [5.41, 5.74) is 8.57. The molecule has 0 atom stereocenters. The molecule has 0 unspecified atom stereocenters. The zero-order chi connectivity index (χ0) is 18.1. The lowest BCUT2D eigenvalue weighted by Crippen LogP contribution is -2.22. The van der Waals surface area contributed by atoms with Crippen molar-refractivity contribution < 1.29 is 9.59 Å². The molecule has 130 valence electrons. The molecule has 3 N–H and O–H groups in total. The maximum absolute atomic E-state index is 12.6. The number of carbonyl (C=O) groups is 2. The van der Waals surface area contributed by atoms with Gasteiger partial charge in [0, 0.05) is 35.4 Å². The van der Waals surface area contributed by atoms with Gasteiger partial charge in [0.15, 0.2) is 0 Å². The summed E-state index contributed by atoms with van der Waals surface area (Å²) >= 11 is 0. The van der Waals surface area contributed by atoms with E-state index < -0.39 is 11.8 Å². The molecular formula is C20H18N4O2. The lowest BCUT2D eigenvalue weighted by Gasteiger charge is -2.03. The Hall–Kier alpha value is -3.25. The van der Waals surface area contributed by atoms with Crippen molar-refractivity contribution in [2.24, 2.45) is 5.73 Å². The number of hydrogen-bond donors (Lipinski definition) is 2. The molecule has 3 heterocycles. The monoisotopic (exact) mass is 346 g/mol. The highest BCUT2D eigenvalue weighted by Gasteiger charge is 2.34. The van der Waals surface area contributed by atoms with Crippen LogP contribution in [0.25, 0.3) is 22.0 Å². The van der Waals surface area contributed by atoms with Gasteiger partial charge in [-0.15, -0.1) is 0 Å². The fourth-order valence-electron chi connectivity index (χ4n) is 3.36. The summed E-state index contributed by atoms with van der Waals surface area (Å²) in [7, 11) is 0. The molecule has 0 aliphatic carbocycles. The summed E-state index contributed by atoms with van der Waals surface area (Å²) in [6.07, 6.45) is 4.37. The average molecular weight is 346 g/mol. The number of para-hydroxylation sites is 1. The fourth-order valence-corrected chi connectivity index (χ4v) is 3.36. The van der Waals surface area contributed by atoms with Crippen molar-refractivity contribution in [3.63, 3.8) is 0 Å². The molecule has 0 spiro atoms. The van der Waals surface area contributed by atoms with Gasteiger partial charge in [-0.2, -0.15) is 0 Å². The molecule has 6 heteroatoms. The van der Waals surface area contributed by atoms with E-state index in [-0.39, 0.29) is 0 Å². The summed E-state index contributed by atoms with van der Waals surface area (Å²) in [5.74, 6) is -0.806. The smallest absolute Gasteiger partial charge is 0.261 e. The third-order valence-electron chi connectivity index (χ3n) is 4.51. The van der Waals surface area contributed by atoms with Crippen LogP contribution in [0.15, 0.2) is 54.9 Å². The fraction of sp³-hybridized carbons (Fsp3) is 0.150. The van der Waals surface area contributed by atoms with E-state index in [4.69, 9.17) is 5.73 Å². The molecule has 1 aromatic carbocycles. The van der Waals surface area contributed by atoms with Crippen LogP contribution in [0.5, 0.6) is 0 Å². The van der Waals surface area contributed by atoms with Gasteiger partial charge in [-0.05, 0) is 31.2 Å². The van der Waals surface area contributed by atoms with Gasteiger partial charge in [0.2, 0.25) is 0 Å². The molecule has 2 amide bonds. The Bertz CT molecular complexity index is 1030. The largest absolute Gasteiger partial charge is 0.347 e. The van der Waals surface area contributed by atoms with Crippen LogP contribution in [0.3, 0.4) is 0 Å². The molecule has 1 aliphatic rings. The second-order valence-electron chi connectivity index (χ2n) is 6.14. The van der Waals surface area contributed by atoms with E-state index in [1.54, 1.807) is 24.4 Å². The SMILES string of the molecule is NCCCn1cc(C2=C(c3ccccn3)C(=O)NC2=O)c2ccccc21. The maximum Gasteiger partial charge on any atom is 0.261 e. The molecule has 0 saturated carbocycles. The molecule has 3 aromatic rings. The van der Waals surface area contributed by atoms with Crippen molar-refractivity contribution in [3.8, 4) is 0 Å². The molecule has 0 saturated heterocycles. The number of fused-ring (bicyclic) bond motifs is 1. The van der Waals surface area contributed by atoms with Gasteiger partial charge in [-0.25, -0.2) is 0 Å². The van der Waals surface area contributed by atoms with Crippen molar-refractivity contribution in [2.45, 2.75) is 13.0 Å². The van der Waals surface area contributed by atoms with Crippen LogP contribution >= 0.6 is 0 Å². The van der Waals surface area contributed by atoms with E-state index in [9.17, 15) is 9.59 Å². The van der Waals surface area contributed by atoms with Gasteiger partial charge < -0.3 is 10.3 Å². The predicted octanol–water partition coefficient (Wildman–Crippen LogP) is 1.95. The minimum Gasteiger partial charge on any atom is -0.347 e. The highest BCUT2D eigenvalue weighted by Crippen LogP contribution is 2.35. The Morgan fingerprint density at radius 1 is 1.00 bits per heavy atom. The molecule has 0 radical (unpaired) electrons. The highest BCUT2D eigenvalue weighted by molar-refractivity contribution is 6.49. The minimum absolute atomic E-state index is 0.317. The Morgan fingerprint density at radius 2 is 1.77 bits per heavy atom. The Kier molecular flexibility index (Phi) is 4.10.